The van der Waals surface area contributed by atoms with Gasteiger partial charge in [0, 0.05) is 12.5 Å². The molecule has 0 aromatic heterocycles. The van der Waals surface area contributed by atoms with Gasteiger partial charge in [0.05, 0.1) is 12.6 Å². The number of esters is 1. The van der Waals surface area contributed by atoms with Crippen molar-refractivity contribution in [3.63, 3.8) is 0 Å². The van der Waals surface area contributed by atoms with Crippen LogP contribution in [0.15, 0.2) is 12.1 Å². The first-order valence-electron chi connectivity index (χ1n) is 10.1. The average molecular weight is 405 g/mol. The number of ether oxygens (including phenoxy) is 2. The zero-order valence-corrected chi connectivity index (χ0v) is 18.1. The fourth-order valence-corrected chi connectivity index (χ4v) is 3.74. The summed E-state index contributed by atoms with van der Waals surface area (Å²) in [5.41, 5.74) is 3.44. The molecule has 160 valence electrons. The van der Waals surface area contributed by atoms with Crippen LogP contribution in [-0.4, -0.2) is 42.8 Å². The van der Waals surface area contributed by atoms with Crippen LogP contribution in [-0.2, 0) is 19.1 Å². The molecular weight excluding hydrogens is 372 g/mol. The van der Waals surface area contributed by atoms with Crippen molar-refractivity contribution in [2.75, 3.05) is 6.61 Å². The summed E-state index contributed by atoms with van der Waals surface area (Å²) in [7, 11) is 0. The lowest BCUT2D eigenvalue weighted by atomic mass is 9.97. The lowest BCUT2D eigenvalue weighted by Crippen LogP contribution is -2.52. The smallest absolute Gasteiger partial charge is 0.305 e. The molecule has 1 saturated heterocycles. The van der Waals surface area contributed by atoms with Gasteiger partial charge in [-0.1, -0.05) is 31.5 Å². The summed E-state index contributed by atoms with van der Waals surface area (Å²) in [5, 5.41) is 5.77. The van der Waals surface area contributed by atoms with Gasteiger partial charge in [0.2, 0.25) is 12.2 Å². The Morgan fingerprint density at radius 1 is 1.17 bits per heavy atom. The Bertz CT molecular complexity index is 751. The van der Waals surface area contributed by atoms with Gasteiger partial charge in [0.25, 0.3) is 5.91 Å². The number of amides is 2. The van der Waals surface area contributed by atoms with E-state index in [4.69, 9.17) is 9.47 Å². The van der Waals surface area contributed by atoms with Crippen molar-refractivity contribution in [1.29, 1.82) is 0 Å². The van der Waals surface area contributed by atoms with Crippen LogP contribution in [0.5, 0.6) is 0 Å². The van der Waals surface area contributed by atoms with Gasteiger partial charge in [-0.15, -0.1) is 0 Å². The van der Waals surface area contributed by atoms with Crippen LogP contribution in [0, 0.1) is 26.7 Å². The average Bonchev–Trinajstić information content (AvgIpc) is 2.98. The van der Waals surface area contributed by atoms with Gasteiger partial charge in [-0.05, 0) is 50.7 Å². The van der Waals surface area contributed by atoms with Crippen molar-refractivity contribution >= 4 is 17.8 Å². The van der Waals surface area contributed by atoms with Gasteiger partial charge in [-0.2, -0.15) is 0 Å². The fraction of sp³-hybridized carbons (Fsp3) is 0.591. The zero-order chi connectivity index (χ0) is 21.7. The Morgan fingerprint density at radius 3 is 2.34 bits per heavy atom. The van der Waals surface area contributed by atoms with Crippen LogP contribution >= 0.6 is 0 Å². The topological polar surface area (TPSA) is 93.7 Å². The van der Waals surface area contributed by atoms with E-state index in [2.05, 4.69) is 10.6 Å². The molecule has 2 N–H and O–H groups in total. The van der Waals surface area contributed by atoms with Crippen molar-refractivity contribution in [3.8, 4) is 0 Å². The first-order valence-corrected chi connectivity index (χ1v) is 10.1. The molecule has 7 heteroatoms. The molecule has 0 bridgehead atoms. The third kappa shape index (κ3) is 6.29. The molecule has 0 saturated carbocycles. The van der Waals surface area contributed by atoms with Gasteiger partial charge in [0.15, 0.2) is 0 Å². The molecule has 0 spiro atoms. The minimum atomic E-state index is -0.798. The van der Waals surface area contributed by atoms with E-state index in [0.29, 0.717) is 25.0 Å². The highest BCUT2D eigenvalue weighted by Gasteiger charge is 2.34. The van der Waals surface area contributed by atoms with E-state index >= 15 is 0 Å². The Morgan fingerprint density at radius 2 is 1.79 bits per heavy atom. The molecule has 2 amide bonds. The lowest BCUT2D eigenvalue weighted by molar-refractivity contribution is -0.170. The standard InChI is InChI=1S/C22H32N2O5/c1-12(2)9-18(20(26)23-17-7-8-28-22(17)29-16(6)25)24-21(27)19-14(4)10-13(3)11-15(19)5/h10-12,17-18,22H,7-9H2,1-6H3,(H,23,26)(H,24,27)/t17-,18-,22-/m0/s1. The molecule has 3 atom stereocenters. The maximum absolute atomic E-state index is 13.0. The van der Waals surface area contributed by atoms with E-state index in [9.17, 15) is 14.4 Å². The Kier molecular flexibility index (Phi) is 7.79. The molecule has 0 radical (unpaired) electrons. The number of carbonyl (C=O) groups is 3. The van der Waals surface area contributed by atoms with E-state index in [0.717, 1.165) is 16.7 Å². The third-order valence-corrected chi connectivity index (χ3v) is 4.88. The number of benzene rings is 1. The molecule has 1 aromatic carbocycles. The highest BCUT2D eigenvalue weighted by atomic mass is 16.7. The second-order valence-corrected chi connectivity index (χ2v) is 8.18. The highest BCUT2D eigenvalue weighted by Crippen LogP contribution is 2.18. The molecule has 1 heterocycles. The van der Waals surface area contributed by atoms with E-state index in [1.165, 1.54) is 6.92 Å². The van der Waals surface area contributed by atoms with E-state index < -0.39 is 24.3 Å². The predicted octanol–water partition coefficient (Wildman–Crippen LogP) is 2.55. The molecule has 29 heavy (non-hydrogen) atoms. The van der Waals surface area contributed by atoms with Crippen LogP contribution in [0.25, 0.3) is 0 Å². The van der Waals surface area contributed by atoms with Crippen molar-refractivity contribution in [2.24, 2.45) is 5.92 Å². The number of nitrogens with one attached hydrogen (secondary N) is 2. The highest BCUT2D eigenvalue weighted by molar-refractivity contribution is 5.99. The largest absolute Gasteiger partial charge is 0.434 e. The van der Waals surface area contributed by atoms with Gasteiger partial charge < -0.3 is 20.1 Å². The quantitative estimate of drug-likeness (QED) is 0.681. The molecule has 2 rings (SSSR count). The van der Waals surface area contributed by atoms with Crippen molar-refractivity contribution in [3.05, 3.63) is 34.4 Å². The van der Waals surface area contributed by atoms with Gasteiger partial charge in [0.1, 0.15) is 6.04 Å². The SMILES string of the molecule is CC(=O)O[C@@H]1OCC[C@@H]1NC(=O)[C@H](CC(C)C)NC(=O)c1c(C)cc(C)cc1C. The minimum absolute atomic E-state index is 0.204. The molecular formula is C22H32N2O5. The number of hydrogen-bond donors (Lipinski definition) is 2. The monoisotopic (exact) mass is 404 g/mol. The van der Waals surface area contributed by atoms with Crippen LogP contribution in [0.4, 0.5) is 0 Å². The summed E-state index contributed by atoms with van der Waals surface area (Å²) in [6.07, 6.45) is 0.240. The summed E-state index contributed by atoms with van der Waals surface area (Å²) in [4.78, 5) is 37.1. The van der Waals surface area contributed by atoms with Gasteiger partial charge in [-0.25, -0.2) is 0 Å². The zero-order valence-electron chi connectivity index (χ0n) is 18.1. The van der Waals surface area contributed by atoms with Crippen molar-refractivity contribution in [1.82, 2.24) is 10.6 Å². The number of rotatable bonds is 7. The molecule has 1 aliphatic rings. The molecule has 1 aromatic rings. The Hall–Kier alpha value is -2.41. The summed E-state index contributed by atoms with van der Waals surface area (Å²) in [5.74, 6) is -0.828. The number of aryl methyl sites for hydroxylation is 3. The van der Waals surface area contributed by atoms with E-state index in [1.54, 1.807) is 0 Å². The predicted molar refractivity (Wildman–Crippen MR) is 109 cm³/mol. The molecule has 0 unspecified atom stereocenters. The van der Waals surface area contributed by atoms with Crippen LogP contribution in [0.2, 0.25) is 0 Å². The van der Waals surface area contributed by atoms with Crippen molar-refractivity contribution in [2.45, 2.75) is 72.8 Å². The second kappa shape index (κ2) is 9.87. The van der Waals surface area contributed by atoms with E-state index in [1.807, 2.05) is 46.8 Å². The molecule has 0 aliphatic carbocycles. The first kappa shape index (κ1) is 22.9. The maximum atomic E-state index is 13.0. The van der Waals surface area contributed by atoms with Crippen LogP contribution in [0.1, 0.15) is 60.7 Å². The molecule has 1 fully saturated rings. The minimum Gasteiger partial charge on any atom is -0.434 e. The normalized spacial score (nSPS) is 19.7. The molecule has 1 aliphatic heterocycles. The van der Waals surface area contributed by atoms with Crippen LogP contribution in [0.3, 0.4) is 0 Å². The maximum Gasteiger partial charge on any atom is 0.305 e. The summed E-state index contributed by atoms with van der Waals surface area (Å²) < 4.78 is 10.5. The molecule has 7 nitrogen and oxygen atoms in total. The van der Waals surface area contributed by atoms with Gasteiger partial charge in [-0.3, -0.25) is 14.4 Å². The Balaban J connectivity index is 2.13. The van der Waals surface area contributed by atoms with Crippen molar-refractivity contribution < 1.29 is 23.9 Å². The lowest BCUT2D eigenvalue weighted by Gasteiger charge is -2.25. The van der Waals surface area contributed by atoms with Gasteiger partial charge >= 0.3 is 5.97 Å². The fourth-order valence-electron chi connectivity index (χ4n) is 3.74. The van der Waals surface area contributed by atoms with Crippen LogP contribution < -0.4 is 10.6 Å². The first-order chi connectivity index (χ1) is 13.6. The summed E-state index contributed by atoms with van der Waals surface area (Å²) >= 11 is 0. The summed E-state index contributed by atoms with van der Waals surface area (Å²) in [6.45, 7) is 11.5. The van der Waals surface area contributed by atoms with E-state index in [-0.39, 0.29) is 17.7 Å². The summed E-state index contributed by atoms with van der Waals surface area (Å²) in [6, 6.07) is 2.79. The third-order valence-electron chi connectivity index (χ3n) is 4.88. The second-order valence-electron chi connectivity index (χ2n) is 8.18. The number of hydrogen-bond acceptors (Lipinski definition) is 5. The number of carbonyl (C=O) groups excluding carboxylic acids is 3. The Labute approximate surface area is 172 Å².